The number of amides is 2. The molecule has 1 aliphatic rings. The van der Waals surface area contributed by atoms with Gasteiger partial charge >= 0.3 is 0 Å². The van der Waals surface area contributed by atoms with Crippen molar-refractivity contribution < 1.29 is 28.5 Å². The number of ether oxygens (including phenoxy) is 4. The number of allylic oxidation sites excluding steroid dienone is 1. The summed E-state index contributed by atoms with van der Waals surface area (Å²) in [4.78, 5) is 27.2. The number of benzene rings is 3. The first-order chi connectivity index (χ1) is 18.9. The highest BCUT2D eigenvalue weighted by Crippen LogP contribution is 2.37. The minimum Gasteiger partial charge on any atom is -0.493 e. The average Bonchev–Trinajstić information content (AvgIpc) is 3.20. The number of carbonyl (C=O) groups excluding carboxylic acids is 2. The number of thioether (sulfide) groups is 1. The molecule has 0 saturated carbocycles. The molecule has 9 heteroatoms. The molecular formula is C30H28BrNO6S. The number of nitrogens with zero attached hydrogens (tertiary/aromatic N) is 1. The molecule has 39 heavy (non-hydrogen) atoms. The zero-order chi connectivity index (χ0) is 27.8. The van der Waals surface area contributed by atoms with Crippen LogP contribution in [0.25, 0.3) is 6.08 Å². The summed E-state index contributed by atoms with van der Waals surface area (Å²) < 4.78 is 23.8. The Bertz CT molecular complexity index is 1390. The van der Waals surface area contributed by atoms with Gasteiger partial charge in [0.1, 0.15) is 13.2 Å². The number of imide groups is 1. The van der Waals surface area contributed by atoms with Crippen molar-refractivity contribution in [2.24, 2.45) is 0 Å². The predicted molar refractivity (Wildman–Crippen MR) is 157 cm³/mol. The monoisotopic (exact) mass is 609 g/mol. The molecule has 0 atom stereocenters. The van der Waals surface area contributed by atoms with Gasteiger partial charge < -0.3 is 18.9 Å². The molecule has 1 aliphatic heterocycles. The van der Waals surface area contributed by atoms with Crippen molar-refractivity contribution in [1.29, 1.82) is 0 Å². The van der Waals surface area contributed by atoms with Crippen molar-refractivity contribution >= 4 is 44.9 Å². The van der Waals surface area contributed by atoms with Crippen molar-refractivity contribution in [2.75, 3.05) is 27.4 Å². The second-order valence-electron chi connectivity index (χ2n) is 8.45. The Morgan fingerprint density at radius 2 is 1.67 bits per heavy atom. The Hall–Kier alpha value is -3.69. The van der Waals surface area contributed by atoms with Gasteiger partial charge in [-0.2, -0.15) is 0 Å². The Labute approximate surface area is 240 Å². The van der Waals surface area contributed by atoms with Gasteiger partial charge in [-0.05, 0) is 71.8 Å². The minimum absolute atomic E-state index is 0.119. The topological polar surface area (TPSA) is 74.3 Å². The summed E-state index contributed by atoms with van der Waals surface area (Å²) in [5, 5.41) is -0.345. The van der Waals surface area contributed by atoms with Gasteiger partial charge in [0.15, 0.2) is 23.0 Å². The van der Waals surface area contributed by atoms with E-state index in [2.05, 4.69) is 22.5 Å². The highest BCUT2D eigenvalue weighted by Gasteiger charge is 2.35. The fourth-order valence-electron chi connectivity index (χ4n) is 3.95. The molecule has 1 heterocycles. The number of methoxy groups -OCH3 is 2. The molecule has 0 N–H and O–H groups in total. The Kier molecular flexibility index (Phi) is 9.73. The minimum atomic E-state index is -0.367. The summed E-state index contributed by atoms with van der Waals surface area (Å²) in [6.07, 6.45) is 4.01. The summed E-state index contributed by atoms with van der Waals surface area (Å²) in [6.45, 7) is 4.49. The quantitative estimate of drug-likeness (QED) is 0.163. The normalized spacial score (nSPS) is 14.0. The summed E-state index contributed by atoms with van der Waals surface area (Å²) >= 11 is 4.34. The van der Waals surface area contributed by atoms with E-state index in [1.54, 1.807) is 44.6 Å². The van der Waals surface area contributed by atoms with E-state index in [-0.39, 0.29) is 24.3 Å². The molecule has 7 nitrogen and oxygen atoms in total. The maximum Gasteiger partial charge on any atom is 0.293 e. The molecular weight excluding hydrogens is 582 g/mol. The third kappa shape index (κ3) is 7.04. The van der Waals surface area contributed by atoms with Crippen LogP contribution in [-0.4, -0.2) is 43.4 Å². The van der Waals surface area contributed by atoms with Crippen LogP contribution in [0.2, 0.25) is 0 Å². The van der Waals surface area contributed by atoms with Crippen LogP contribution >= 0.6 is 27.7 Å². The number of para-hydroxylation sites is 2. The van der Waals surface area contributed by atoms with Crippen LogP contribution in [0.3, 0.4) is 0 Å². The van der Waals surface area contributed by atoms with E-state index in [9.17, 15) is 9.59 Å². The molecule has 1 fully saturated rings. The molecule has 202 valence electrons. The zero-order valence-electron chi connectivity index (χ0n) is 21.6. The first kappa shape index (κ1) is 28.3. The molecule has 2 amide bonds. The summed E-state index contributed by atoms with van der Waals surface area (Å²) in [7, 11) is 3.12. The molecule has 3 aromatic rings. The standard InChI is InChI=1S/C30H28BrNO6S/c1-4-7-22-16-21(17-26(36-3)28(22)38-19-20-10-12-23(31)13-11-20)18-27-29(33)32(30(34)39-27)14-15-37-25-9-6-5-8-24(25)35-2/h4-6,8-13,16-18H,1,7,14-15,19H2,2-3H3/b27-18-. The van der Waals surface area contributed by atoms with Crippen LogP contribution in [0.4, 0.5) is 4.79 Å². The smallest absolute Gasteiger partial charge is 0.293 e. The molecule has 0 spiro atoms. The second-order valence-corrected chi connectivity index (χ2v) is 10.4. The van der Waals surface area contributed by atoms with Crippen LogP contribution in [0.15, 0.2) is 82.7 Å². The van der Waals surface area contributed by atoms with Crippen molar-refractivity contribution in [3.8, 4) is 23.0 Å². The third-order valence-corrected chi connectivity index (χ3v) is 7.28. The first-order valence-corrected chi connectivity index (χ1v) is 13.7. The first-order valence-electron chi connectivity index (χ1n) is 12.1. The molecule has 0 radical (unpaired) electrons. The number of rotatable bonds is 12. The van der Waals surface area contributed by atoms with E-state index >= 15 is 0 Å². The Morgan fingerprint density at radius 1 is 0.949 bits per heavy atom. The van der Waals surface area contributed by atoms with E-state index in [1.165, 1.54) is 4.90 Å². The molecule has 4 rings (SSSR count). The van der Waals surface area contributed by atoms with Gasteiger partial charge in [-0.3, -0.25) is 14.5 Å². The largest absolute Gasteiger partial charge is 0.493 e. The fourth-order valence-corrected chi connectivity index (χ4v) is 5.08. The summed E-state index contributed by atoms with van der Waals surface area (Å²) in [6, 6.07) is 18.8. The molecule has 0 bridgehead atoms. The van der Waals surface area contributed by atoms with E-state index in [4.69, 9.17) is 18.9 Å². The molecule has 0 aromatic heterocycles. The summed E-state index contributed by atoms with van der Waals surface area (Å²) in [5.74, 6) is 1.90. The van der Waals surface area contributed by atoms with E-state index in [1.807, 2.05) is 42.5 Å². The summed E-state index contributed by atoms with van der Waals surface area (Å²) in [5.41, 5.74) is 2.59. The van der Waals surface area contributed by atoms with E-state index < -0.39 is 0 Å². The predicted octanol–water partition coefficient (Wildman–Crippen LogP) is 6.89. The molecule has 0 aliphatic carbocycles. The van der Waals surface area contributed by atoms with Crippen molar-refractivity contribution in [3.05, 3.63) is 99.4 Å². The highest BCUT2D eigenvalue weighted by molar-refractivity contribution is 9.10. The molecule has 1 saturated heterocycles. The number of halogens is 1. The van der Waals surface area contributed by atoms with Gasteiger partial charge in [-0.15, -0.1) is 6.58 Å². The fraction of sp³-hybridized carbons (Fsp3) is 0.200. The van der Waals surface area contributed by atoms with E-state index in [0.29, 0.717) is 40.9 Å². The zero-order valence-corrected chi connectivity index (χ0v) is 24.0. The van der Waals surface area contributed by atoms with Crippen LogP contribution in [0.5, 0.6) is 23.0 Å². The Balaban J connectivity index is 1.49. The van der Waals surface area contributed by atoms with Gasteiger partial charge in [0.25, 0.3) is 11.1 Å². The lowest BCUT2D eigenvalue weighted by Gasteiger charge is -2.16. The SMILES string of the molecule is C=CCc1cc(/C=C2\SC(=O)N(CCOc3ccccc3OC)C2=O)cc(OC)c1OCc1ccc(Br)cc1. The maximum absolute atomic E-state index is 13.1. The van der Waals surface area contributed by atoms with Crippen molar-refractivity contribution in [1.82, 2.24) is 4.90 Å². The lowest BCUT2D eigenvalue weighted by atomic mass is 10.0. The van der Waals surface area contributed by atoms with Gasteiger partial charge in [0.2, 0.25) is 0 Å². The van der Waals surface area contributed by atoms with Crippen molar-refractivity contribution in [3.63, 3.8) is 0 Å². The van der Waals surface area contributed by atoms with E-state index in [0.717, 1.165) is 32.9 Å². The Morgan fingerprint density at radius 3 is 2.36 bits per heavy atom. The molecule has 0 unspecified atom stereocenters. The van der Waals surface area contributed by atoms with Crippen LogP contribution in [0.1, 0.15) is 16.7 Å². The van der Waals surface area contributed by atoms with Gasteiger partial charge in [-0.25, -0.2) is 0 Å². The van der Waals surface area contributed by atoms with Crippen molar-refractivity contribution in [2.45, 2.75) is 13.0 Å². The van der Waals surface area contributed by atoms with Crippen LogP contribution in [0, 0.1) is 0 Å². The number of hydrogen-bond acceptors (Lipinski definition) is 7. The van der Waals surface area contributed by atoms with Gasteiger partial charge in [0, 0.05) is 10.0 Å². The maximum atomic E-state index is 13.1. The van der Waals surface area contributed by atoms with Crippen LogP contribution < -0.4 is 18.9 Å². The van der Waals surface area contributed by atoms with Gasteiger partial charge in [0.05, 0.1) is 25.7 Å². The molecule has 3 aromatic carbocycles. The van der Waals surface area contributed by atoms with Gasteiger partial charge in [-0.1, -0.05) is 46.3 Å². The second kappa shape index (κ2) is 13.4. The van der Waals surface area contributed by atoms with Crippen LogP contribution in [-0.2, 0) is 17.8 Å². The third-order valence-electron chi connectivity index (χ3n) is 5.85. The lowest BCUT2D eigenvalue weighted by molar-refractivity contribution is -0.123. The average molecular weight is 611 g/mol. The highest BCUT2D eigenvalue weighted by atomic mass is 79.9. The number of hydrogen-bond donors (Lipinski definition) is 0. The number of carbonyl (C=O) groups is 2. The lowest BCUT2D eigenvalue weighted by Crippen LogP contribution is -2.32.